The summed E-state index contributed by atoms with van der Waals surface area (Å²) in [6, 6.07) is 14.2. The van der Waals surface area contributed by atoms with Crippen molar-refractivity contribution in [2.24, 2.45) is 4.99 Å². The van der Waals surface area contributed by atoms with Crippen molar-refractivity contribution >= 4 is 36.0 Å². The molecule has 4 rings (SSSR count). The Labute approximate surface area is 158 Å². The summed E-state index contributed by atoms with van der Waals surface area (Å²) in [6.07, 6.45) is 4.21. The molecule has 1 N–H and O–H groups in total. The molecular weight excluding hydrogens is 346 g/mol. The van der Waals surface area contributed by atoms with Gasteiger partial charge in [0.2, 0.25) is 6.79 Å². The molecule has 2 aliphatic rings. The predicted molar refractivity (Wildman–Crippen MR) is 110 cm³/mol. The van der Waals surface area contributed by atoms with Crippen LogP contribution in [0.3, 0.4) is 0 Å². The van der Waals surface area contributed by atoms with E-state index in [0.29, 0.717) is 0 Å². The van der Waals surface area contributed by atoms with Crippen LogP contribution in [0.25, 0.3) is 5.70 Å². The first-order valence-electron chi connectivity index (χ1n) is 8.72. The van der Waals surface area contributed by atoms with Crippen LogP contribution in [-0.2, 0) is 0 Å². The molecule has 0 radical (unpaired) electrons. The fourth-order valence-electron chi connectivity index (χ4n) is 3.16. The summed E-state index contributed by atoms with van der Waals surface area (Å²) in [6.45, 7) is 2.56. The molecule has 1 saturated heterocycles. The summed E-state index contributed by atoms with van der Waals surface area (Å²) in [5, 5.41) is 4.87. The third-order valence-corrected chi connectivity index (χ3v) is 4.81. The number of benzene rings is 2. The zero-order chi connectivity index (χ0) is 17.8. The minimum atomic E-state index is 0.271. The number of fused-ring (bicyclic) bond motifs is 1. The van der Waals surface area contributed by atoms with Crippen molar-refractivity contribution in [2.75, 3.05) is 30.1 Å². The molecule has 0 unspecified atom stereocenters. The van der Waals surface area contributed by atoms with E-state index in [4.69, 9.17) is 9.47 Å². The normalized spacial score (nSPS) is 16.5. The molecular formula is C20H21N3O2S. The van der Waals surface area contributed by atoms with Crippen LogP contribution in [0.2, 0.25) is 0 Å². The number of ether oxygens (including phenoxy) is 2. The number of hydrogen-bond donors (Lipinski definition) is 2. The highest BCUT2D eigenvalue weighted by molar-refractivity contribution is 7.83. The summed E-state index contributed by atoms with van der Waals surface area (Å²) >= 11 is 4.30. The van der Waals surface area contributed by atoms with Gasteiger partial charge in [-0.05, 0) is 42.5 Å². The van der Waals surface area contributed by atoms with Gasteiger partial charge in [0, 0.05) is 36.1 Å². The Bertz CT molecular complexity index is 827. The fourth-order valence-corrected chi connectivity index (χ4v) is 3.38. The second-order valence-corrected chi connectivity index (χ2v) is 6.48. The van der Waals surface area contributed by atoms with Gasteiger partial charge in [-0.15, -0.1) is 12.6 Å². The van der Waals surface area contributed by atoms with Crippen LogP contribution in [0.15, 0.2) is 52.9 Å². The third-order valence-electron chi connectivity index (χ3n) is 4.56. The monoisotopic (exact) mass is 367 g/mol. The highest BCUT2D eigenvalue weighted by Crippen LogP contribution is 2.34. The number of anilines is 2. The molecule has 0 spiro atoms. The lowest BCUT2D eigenvalue weighted by Crippen LogP contribution is -2.17. The summed E-state index contributed by atoms with van der Waals surface area (Å²) in [5.41, 5.74) is 3.99. The second-order valence-electron chi connectivity index (χ2n) is 6.23. The average Bonchev–Trinajstić information content (AvgIpc) is 3.37. The van der Waals surface area contributed by atoms with Crippen molar-refractivity contribution < 1.29 is 9.47 Å². The third kappa shape index (κ3) is 3.65. The molecule has 0 aromatic heterocycles. The van der Waals surface area contributed by atoms with Crippen LogP contribution >= 0.6 is 12.6 Å². The van der Waals surface area contributed by atoms with E-state index in [9.17, 15) is 0 Å². The number of rotatable bonds is 5. The van der Waals surface area contributed by atoms with Gasteiger partial charge in [-0.3, -0.25) is 0 Å². The van der Waals surface area contributed by atoms with Crippen molar-refractivity contribution in [2.45, 2.75) is 12.8 Å². The molecule has 0 aliphatic carbocycles. The maximum Gasteiger partial charge on any atom is 0.231 e. The minimum absolute atomic E-state index is 0.271. The van der Waals surface area contributed by atoms with E-state index in [1.807, 2.05) is 18.2 Å². The zero-order valence-electron chi connectivity index (χ0n) is 14.4. The van der Waals surface area contributed by atoms with Gasteiger partial charge in [-0.1, -0.05) is 12.1 Å². The highest BCUT2D eigenvalue weighted by atomic mass is 32.1. The maximum atomic E-state index is 5.38. The topological polar surface area (TPSA) is 46.1 Å². The quantitative estimate of drug-likeness (QED) is 0.468. The van der Waals surface area contributed by atoms with Crippen molar-refractivity contribution in [3.05, 3.63) is 53.4 Å². The first-order valence-corrected chi connectivity index (χ1v) is 9.23. The Balaban J connectivity index is 1.41. The molecule has 0 saturated carbocycles. The van der Waals surface area contributed by atoms with Gasteiger partial charge in [0.1, 0.15) is 0 Å². The van der Waals surface area contributed by atoms with Crippen LogP contribution in [0.1, 0.15) is 18.4 Å². The van der Waals surface area contributed by atoms with Crippen LogP contribution in [0.5, 0.6) is 11.5 Å². The van der Waals surface area contributed by atoms with Crippen molar-refractivity contribution in [1.29, 1.82) is 0 Å². The van der Waals surface area contributed by atoms with Crippen molar-refractivity contribution in [3.63, 3.8) is 0 Å². The lowest BCUT2D eigenvalue weighted by atomic mass is 10.1. The molecule has 5 nitrogen and oxygen atoms in total. The summed E-state index contributed by atoms with van der Waals surface area (Å²) in [7, 11) is 0. The Hall–Kier alpha value is -2.60. The van der Waals surface area contributed by atoms with E-state index in [-0.39, 0.29) is 6.79 Å². The van der Waals surface area contributed by atoms with Crippen LogP contribution in [-0.4, -0.2) is 26.2 Å². The number of nitrogens with zero attached hydrogens (tertiary/aromatic N) is 2. The number of hydrogen-bond acceptors (Lipinski definition) is 5. The van der Waals surface area contributed by atoms with Gasteiger partial charge in [0.15, 0.2) is 11.5 Å². The lowest BCUT2D eigenvalue weighted by molar-refractivity contribution is 0.174. The smallest absolute Gasteiger partial charge is 0.231 e. The first kappa shape index (κ1) is 16.8. The number of nitrogens with one attached hydrogen (secondary N) is 1. The maximum absolute atomic E-state index is 5.38. The van der Waals surface area contributed by atoms with Crippen molar-refractivity contribution in [1.82, 2.24) is 0 Å². The number of thiol groups is 1. The first-order chi connectivity index (χ1) is 12.8. The van der Waals surface area contributed by atoms with Gasteiger partial charge >= 0.3 is 0 Å². The number of aliphatic imine (C=N–C) groups is 1. The summed E-state index contributed by atoms with van der Waals surface area (Å²) in [4.78, 5) is 6.91. The SMILES string of the molecule is S/C=C(\N=CNc1ccc2c(c1)OCO2)c1ccc(N2CCCC2)cc1. The largest absolute Gasteiger partial charge is 0.454 e. The zero-order valence-corrected chi connectivity index (χ0v) is 15.3. The molecule has 2 heterocycles. The van der Waals surface area contributed by atoms with Gasteiger partial charge < -0.3 is 19.7 Å². The standard InChI is InChI=1S/C20H21N3O2S/c26-12-18(15-3-6-17(7-4-15)23-9-1-2-10-23)22-13-21-16-5-8-19-20(11-16)25-14-24-19/h3-8,11-13,26H,1-2,9-10,14H2,(H,21,22)/b18-12-. The summed E-state index contributed by atoms with van der Waals surface area (Å²) in [5.74, 6) is 1.51. The Kier molecular flexibility index (Phi) is 5.02. The Morgan fingerprint density at radius 1 is 1.04 bits per heavy atom. The van der Waals surface area contributed by atoms with Gasteiger partial charge in [0.05, 0.1) is 12.0 Å². The van der Waals surface area contributed by atoms with E-state index in [2.05, 4.69) is 52.1 Å². The second kappa shape index (κ2) is 7.74. The fraction of sp³-hybridized carbons (Fsp3) is 0.250. The van der Waals surface area contributed by atoms with Crippen molar-refractivity contribution in [3.8, 4) is 11.5 Å². The Morgan fingerprint density at radius 3 is 2.58 bits per heavy atom. The molecule has 2 aromatic rings. The molecule has 2 aromatic carbocycles. The highest BCUT2D eigenvalue weighted by Gasteiger charge is 2.13. The van der Waals surface area contributed by atoms with Crippen LogP contribution < -0.4 is 19.7 Å². The van der Waals surface area contributed by atoms with Crippen LogP contribution in [0, 0.1) is 0 Å². The molecule has 0 amide bonds. The summed E-state index contributed by atoms with van der Waals surface area (Å²) < 4.78 is 10.7. The van der Waals surface area contributed by atoms with Gasteiger partial charge in [-0.25, -0.2) is 4.99 Å². The van der Waals surface area contributed by atoms with E-state index in [1.54, 1.807) is 11.7 Å². The predicted octanol–water partition coefficient (Wildman–Crippen LogP) is 4.38. The molecule has 26 heavy (non-hydrogen) atoms. The molecule has 2 aliphatic heterocycles. The lowest BCUT2D eigenvalue weighted by Gasteiger charge is -2.17. The molecule has 0 bridgehead atoms. The van der Waals surface area contributed by atoms with E-state index < -0.39 is 0 Å². The minimum Gasteiger partial charge on any atom is -0.454 e. The van der Waals surface area contributed by atoms with E-state index in [0.717, 1.165) is 41.5 Å². The van der Waals surface area contributed by atoms with Crippen LogP contribution in [0.4, 0.5) is 11.4 Å². The molecule has 134 valence electrons. The molecule has 0 atom stereocenters. The average molecular weight is 367 g/mol. The Morgan fingerprint density at radius 2 is 1.81 bits per heavy atom. The molecule has 1 fully saturated rings. The van der Waals surface area contributed by atoms with Gasteiger partial charge in [-0.2, -0.15) is 0 Å². The van der Waals surface area contributed by atoms with E-state index in [1.165, 1.54) is 18.5 Å². The molecule has 6 heteroatoms. The van der Waals surface area contributed by atoms with Gasteiger partial charge in [0.25, 0.3) is 0 Å². The van der Waals surface area contributed by atoms with E-state index >= 15 is 0 Å².